The molecule has 1 fully saturated rings. The molecule has 1 aliphatic rings. The average molecular weight is 436 g/mol. The summed E-state index contributed by atoms with van der Waals surface area (Å²) in [5.74, 6) is -0.160. The highest BCUT2D eigenvalue weighted by Crippen LogP contribution is 2.14. The standard InChI is InChI=1S/C23H37N3O5/c1-18(30-17-20-10-5-6-14-29-20)21(27)25-12-8-13-26(22(28)31-23(2,3)4)16-19-9-7-11-24-15-19/h7,9,11,15,18,20H,5-6,8,10,12-14,16-17H2,1-4H3,(H,25,27). The van der Waals surface area contributed by atoms with Gasteiger partial charge in [-0.3, -0.25) is 9.78 Å². The Morgan fingerprint density at radius 1 is 1.35 bits per heavy atom. The molecule has 1 N–H and O–H groups in total. The summed E-state index contributed by atoms with van der Waals surface area (Å²) in [5.41, 5.74) is 0.345. The number of aromatic nitrogens is 1. The number of nitrogens with zero attached hydrogens (tertiary/aromatic N) is 2. The van der Waals surface area contributed by atoms with Crippen LogP contribution in [0.2, 0.25) is 0 Å². The van der Waals surface area contributed by atoms with E-state index >= 15 is 0 Å². The second-order valence-corrected chi connectivity index (χ2v) is 8.87. The quantitative estimate of drug-likeness (QED) is 0.567. The molecule has 0 saturated carbocycles. The number of carbonyl (C=O) groups is 2. The first-order valence-corrected chi connectivity index (χ1v) is 11.1. The van der Waals surface area contributed by atoms with E-state index < -0.39 is 11.7 Å². The number of hydrogen-bond acceptors (Lipinski definition) is 6. The van der Waals surface area contributed by atoms with E-state index in [1.807, 2.05) is 32.9 Å². The van der Waals surface area contributed by atoms with Gasteiger partial charge in [-0.2, -0.15) is 0 Å². The molecular weight excluding hydrogens is 398 g/mol. The van der Waals surface area contributed by atoms with Gasteiger partial charge in [-0.15, -0.1) is 0 Å². The molecule has 1 aromatic heterocycles. The van der Waals surface area contributed by atoms with Crippen LogP contribution in [-0.2, 0) is 25.5 Å². The van der Waals surface area contributed by atoms with Gasteiger partial charge in [0, 0.05) is 32.1 Å². The molecule has 8 heteroatoms. The molecule has 2 unspecified atom stereocenters. The van der Waals surface area contributed by atoms with Crippen molar-refractivity contribution in [1.82, 2.24) is 15.2 Å². The van der Waals surface area contributed by atoms with Crippen LogP contribution in [-0.4, -0.2) is 66.0 Å². The van der Waals surface area contributed by atoms with Gasteiger partial charge in [0.25, 0.3) is 0 Å². The van der Waals surface area contributed by atoms with Crippen molar-refractivity contribution in [3.05, 3.63) is 30.1 Å². The molecule has 8 nitrogen and oxygen atoms in total. The number of pyridine rings is 1. The monoisotopic (exact) mass is 435 g/mol. The van der Waals surface area contributed by atoms with Gasteiger partial charge in [-0.05, 0) is 65.0 Å². The van der Waals surface area contributed by atoms with E-state index in [-0.39, 0.29) is 18.1 Å². The molecule has 1 aromatic rings. The molecule has 0 spiro atoms. The van der Waals surface area contributed by atoms with Crippen LogP contribution >= 0.6 is 0 Å². The molecule has 2 amide bonds. The van der Waals surface area contributed by atoms with Crippen molar-refractivity contribution in [2.75, 3.05) is 26.3 Å². The van der Waals surface area contributed by atoms with Crippen LogP contribution in [0.25, 0.3) is 0 Å². The average Bonchev–Trinajstić information content (AvgIpc) is 2.74. The van der Waals surface area contributed by atoms with Gasteiger partial charge >= 0.3 is 6.09 Å². The number of rotatable bonds is 10. The fraction of sp³-hybridized carbons (Fsp3) is 0.696. The predicted molar refractivity (Wildman–Crippen MR) is 118 cm³/mol. The normalized spacial score (nSPS) is 17.6. The Morgan fingerprint density at radius 3 is 2.81 bits per heavy atom. The van der Waals surface area contributed by atoms with Crippen LogP contribution in [0.3, 0.4) is 0 Å². The predicted octanol–water partition coefficient (Wildman–Crippen LogP) is 3.30. The Kier molecular flexibility index (Phi) is 10.2. The molecule has 174 valence electrons. The molecule has 31 heavy (non-hydrogen) atoms. The molecule has 0 radical (unpaired) electrons. The van der Waals surface area contributed by atoms with Crippen LogP contribution in [0, 0.1) is 0 Å². The molecule has 2 atom stereocenters. The second-order valence-electron chi connectivity index (χ2n) is 8.87. The van der Waals surface area contributed by atoms with Gasteiger partial charge < -0.3 is 24.4 Å². The molecule has 1 aliphatic heterocycles. The van der Waals surface area contributed by atoms with E-state index in [1.165, 1.54) is 0 Å². The summed E-state index contributed by atoms with van der Waals surface area (Å²) < 4.78 is 16.8. The zero-order valence-electron chi connectivity index (χ0n) is 19.3. The van der Waals surface area contributed by atoms with E-state index in [4.69, 9.17) is 14.2 Å². The maximum absolute atomic E-state index is 12.6. The summed E-state index contributed by atoms with van der Waals surface area (Å²) in [6, 6.07) is 3.75. The third-order valence-electron chi connectivity index (χ3n) is 4.83. The SMILES string of the molecule is CC(OCC1CCCCO1)C(=O)NCCCN(Cc1cccnc1)C(=O)OC(C)(C)C. The summed E-state index contributed by atoms with van der Waals surface area (Å²) in [4.78, 5) is 30.6. The maximum atomic E-state index is 12.6. The molecule has 0 aromatic carbocycles. The maximum Gasteiger partial charge on any atom is 0.410 e. The summed E-state index contributed by atoms with van der Waals surface area (Å²) >= 11 is 0. The summed E-state index contributed by atoms with van der Waals surface area (Å²) in [6.45, 7) is 9.76. The molecule has 2 heterocycles. The minimum atomic E-state index is -0.576. The lowest BCUT2D eigenvalue weighted by atomic mass is 10.1. The van der Waals surface area contributed by atoms with Gasteiger partial charge in [0.2, 0.25) is 5.91 Å². The number of amides is 2. The van der Waals surface area contributed by atoms with Gasteiger partial charge in [0.1, 0.15) is 11.7 Å². The first-order valence-electron chi connectivity index (χ1n) is 11.1. The highest BCUT2D eigenvalue weighted by molar-refractivity contribution is 5.80. The minimum Gasteiger partial charge on any atom is -0.444 e. The first kappa shape index (κ1) is 25.1. The lowest BCUT2D eigenvalue weighted by Gasteiger charge is -2.27. The fourth-order valence-corrected chi connectivity index (χ4v) is 3.16. The van der Waals surface area contributed by atoms with Gasteiger partial charge in [-0.1, -0.05) is 6.07 Å². The summed E-state index contributed by atoms with van der Waals surface area (Å²) in [5, 5.41) is 2.88. The minimum absolute atomic E-state index is 0.0823. The van der Waals surface area contributed by atoms with Crippen molar-refractivity contribution >= 4 is 12.0 Å². The van der Waals surface area contributed by atoms with E-state index in [9.17, 15) is 9.59 Å². The van der Waals surface area contributed by atoms with Crippen molar-refractivity contribution in [1.29, 1.82) is 0 Å². The first-order chi connectivity index (χ1) is 14.7. The number of hydrogen-bond donors (Lipinski definition) is 1. The lowest BCUT2D eigenvalue weighted by molar-refractivity contribution is -0.135. The van der Waals surface area contributed by atoms with Crippen molar-refractivity contribution in [3.8, 4) is 0 Å². The van der Waals surface area contributed by atoms with Crippen molar-refractivity contribution in [2.45, 2.75) is 77.7 Å². The van der Waals surface area contributed by atoms with Crippen molar-refractivity contribution < 1.29 is 23.8 Å². The lowest BCUT2D eigenvalue weighted by Crippen LogP contribution is -2.40. The Morgan fingerprint density at radius 2 is 2.16 bits per heavy atom. The number of nitrogens with one attached hydrogen (secondary N) is 1. The van der Waals surface area contributed by atoms with E-state index in [2.05, 4.69) is 10.3 Å². The summed E-state index contributed by atoms with van der Waals surface area (Å²) in [6.07, 6.45) is 6.40. The van der Waals surface area contributed by atoms with Crippen molar-refractivity contribution in [2.24, 2.45) is 0 Å². The third-order valence-corrected chi connectivity index (χ3v) is 4.83. The highest BCUT2D eigenvalue weighted by atomic mass is 16.6. The van der Waals surface area contributed by atoms with E-state index in [1.54, 1.807) is 24.2 Å². The molecule has 2 rings (SSSR count). The number of ether oxygens (including phenoxy) is 3. The topological polar surface area (TPSA) is 90.0 Å². The van der Waals surface area contributed by atoms with E-state index in [0.717, 1.165) is 31.4 Å². The highest BCUT2D eigenvalue weighted by Gasteiger charge is 2.23. The zero-order chi connectivity index (χ0) is 22.7. The second kappa shape index (κ2) is 12.6. The Hall–Kier alpha value is -2.19. The zero-order valence-corrected chi connectivity index (χ0v) is 19.3. The Balaban J connectivity index is 1.75. The molecular formula is C23H37N3O5. The third kappa shape index (κ3) is 10.1. The number of carbonyl (C=O) groups excluding carboxylic acids is 2. The van der Waals surface area contributed by atoms with Crippen LogP contribution in [0.4, 0.5) is 4.79 Å². The van der Waals surface area contributed by atoms with Crippen LogP contribution in [0.5, 0.6) is 0 Å². The molecule has 1 saturated heterocycles. The van der Waals surface area contributed by atoms with Crippen molar-refractivity contribution in [3.63, 3.8) is 0 Å². The van der Waals surface area contributed by atoms with Gasteiger partial charge in [0.05, 0.1) is 19.3 Å². The Bertz CT molecular complexity index is 672. The van der Waals surface area contributed by atoms with Gasteiger partial charge in [0.15, 0.2) is 0 Å². The largest absolute Gasteiger partial charge is 0.444 e. The smallest absolute Gasteiger partial charge is 0.410 e. The van der Waals surface area contributed by atoms with Crippen LogP contribution in [0.15, 0.2) is 24.5 Å². The Labute approximate surface area is 185 Å². The fourth-order valence-electron chi connectivity index (χ4n) is 3.16. The van der Waals surface area contributed by atoms with Crippen LogP contribution < -0.4 is 5.32 Å². The van der Waals surface area contributed by atoms with Crippen LogP contribution in [0.1, 0.15) is 58.9 Å². The molecule has 0 bridgehead atoms. The van der Waals surface area contributed by atoms with Gasteiger partial charge in [-0.25, -0.2) is 4.79 Å². The molecule has 0 aliphatic carbocycles. The van der Waals surface area contributed by atoms with E-state index in [0.29, 0.717) is 32.7 Å². The summed E-state index contributed by atoms with van der Waals surface area (Å²) in [7, 11) is 0.